The van der Waals surface area contributed by atoms with Crippen molar-refractivity contribution in [1.82, 2.24) is 15.2 Å². The van der Waals surface area contributed by atoms with Gasteiger partial charge in [0.2, 0.25) is 0 Å². The van der Waals surface area contributed by atoms with Crippen molar-refractivity contribution in [2.24, 2.45) is 5.92 Å². The zero-order valence-electron chi connectivity index (χ0n) is 10.2. The summed E-state index contributed by atoms with van der Waals surface area (Å²) >= 11 is 1.47. The highest BCUT2D eigenvalue weighted by atomic mass is 32.1. The highest BCUT2D eigenvalue weighted by molar-refractivity contribution is 7.07. The Morgan fingerprint density at radius 3 is 2.94 bits per heavy atom. The van der Waals surface area contributed by atoms with Gasteiger partial charge in [-0.3, -0.25) is 4.79 Å². The third-order valence-electron chi connectivity index (χ3n) is 3.26. The molecule has 0 aliphatic carbocycles. The van der Waals surface area contributed by atoms with Gasteiger partial charge in [0.15, 0.2) is 0 Å². The van der Waals surface area contributed by atoms with E-state index in [1.165, 1.54) is 24.2 Å². The fraction of sp³-hybridized carbons (Fsp3) is 0.667. The molecular formula is C12H19N3OS. The van der Waals surface area contributed by atoms with Gasteiger partial charge in [0, 0.05) is 18.5 Å². The first-order chi connectivity index (χ1) is 8.31. The Labute approximate surface area is 106 Å². The van der Waals surface area contributed by atoms with Gasteiger partial charge in [0.25, 0.3) is 5.91 Å². The Morgan fingerprint density at radius 2 is 2.35 bits per heavy atom. The Bertz CT molecular complexity index is 347. The van der Waals surface area contributed by atoms with E-state index in [1.54, 1.807) is 5.51 Å². The van der Waals surface area contributed by atoms with E-state index < -0.39 is 0 Å². The van der Waals surface area contributed by atoms with E-state index in [9.17, 15) is 4.79 Å². The molecule has 1 aliphatic rings. The number of thiazole rings is 1. The smallest absolute Gasteiger partial charge is 0.273 e. The molecule has 2 rings (SSSR count). The zero-order chi connectivity index (χ0) is 12.1. The Balaban J connectivity index is 1.93. The van der Waals surface area contributed by atoms with Crippen LogP contribution in [0, 0.1) is 5.92 Å². The van der Waals surface area contributed by atoms with Gasteiger partial charge in [-0.15, -0.1) is 11.3 Å². The minimum absolute atomic E-state index is 0.0762. The van der Waals surface area contributed by atoms with Crippen molar-refractivity contribution in [3.8, 4) is 0 Å². The third kappa shape index (κ3) is 3.26. The molecule has 1 aromatic rings. The van der Waals surface area contributed by atoms with Crippen molar-refractivity contribution in [3.05, 3.63) is 16.6 Å². The van der Waals surface area contributed by atoms with Crippen LogP contribution in [0.5, 0.6) is 0 Å². The quantitative estimate of drug-likeness (QED) is 0.886. The van der Waals surface area contributed by atoms with E-state index in [0.717, 1.165) is 26.2 Å². The van der Waals surface area contributed by atoms with E-state index in [0.29, 0.717) is 11.6 Å². The largest absolute Gasteiger partial charge is 0.337 e. The van der Waals surface area contributed by atoms with Gasteiger partial charge < -0.3 is 10.2 Å². The van der Waals surface area contributed by atoms with Gasteiger partial charge >= 0.3 is 0 Å². The Morgan fingerprint density at radius 1 is 1.59 bits per heavy atom. The van der Waals surface area contributed by atoms with Crippen LogP contribution in [0.1, 0.15) is 30.3 Å². The summed E-state index contributed by atoms with van der Waals surface area (Å²) in [6.45, 7) is 5.82. The summed E-state index contributed by atoms with van der Waals surface area (Å²) in [4.78, 5) is 18.2. The summed E-state index contributed by atoms with van der Waals surface area (Å²) in [5, 5.41) is 5.18. The van der Waals surface area contributed by atoms with Crippen LogP contribution in [0.25, 0.3) is 0 Å². The van der Waals surface area contributed by atoms with Crippen molar-refractivity contribution in [2.75, 3.05) is 26.2 Å². The second-order valence-corrected chi connectivity index (χ2v) is 5.13. The number of nitrogens with zero attached hydrogens (tertiary/aromatic N) is 2. The van der Waals surface area contributed by atoms with Crippen molar-refractivity contribution < 1.29 is 4.79 Å². The first-order valence-corrected chi connectivity index (χ1v) is 7.13. The zero-order valence-corrected chi connectivity index (χ0v) is 11.0. The SMILES string of the molecule is CCN(CC1CCNCC1)C(=O)c1cscn1. The van der Waals surface area contributed by atoms with Crippen LogP contribution in [0.4, 0.5) is 0 Å². The number of piperidine rings is 1. The Kier molecular flexibility index (Phi) is 4.50. The average molecular weight is 253 g/mol. The topological polar surface area (TPSA) is 45.2 Å². The average Bonchev–Trinajstić information content (AvgIpc) is 2.90. The van der Waals surface area contributed by atoms with E-state index in [4.69, 9.17) is 0 Å². The van der Waals surface area contributed by atoms with Gasteiger partial charge in [-0.05, 0) is 38.8 Å². The summed E-state index contributed by atoms with van der Waals surface area (Å²) < 4.78 is 0. The molecule has 4 nitrogen and oxygen atoms in total. The minimum Gasteiger partial charge on any atom is -0.337 e. The van der Waals surface area contributed by atoms with E-state index in [1.807, 2.05) is 17.2 Å². The molecule has 17 heavy (non-hydrogen) atoms. The van der Waals surface area contributed by atoms with Crippen LogP contribution in [0.15, 0.2) is 10.9 Å². The molecule has 1 N–H and O–H groups in total. The Hall–Kier alpha value is -0.940. The van der Waals surface area contributed by atoms with E-state index in [2.05, 4.69) is 10.3 Å². The lowest BCUT2D eigenvalue weighted by Gasteiger charge is -2.29. The van der Waals surface area contributed by atoms with Crippen molar-refractivity contribution in [1.29, 1.82) is 0 Å². The molecule has 0 aromatic carbocycles. The van der Waals surface area contributed by atoms with E-state index in [-0.39, 0.29) is 5.91 Å². The number of amides is 1. The standard InChI is InChI=1S/C12H19N3OS/c1-2-15(7-10-3-5-13-6-4-10)12(16)11-8-17-9-14-11/h8-10,13H,2-7H2,1H3. The number of carbonyl (C=O) groups is 1. The summed E-state index contributed by atoms with van der Waals surface area (Å²) in [6, 6.07) is 0. The molecule has 0 radical (unpaired) electrons. The molecule has 0 bridgehead atoms. The molecule has 1 aromatic heterocycles. The van der Waals surface area contributed by atoms with Crippen LogP contribution in [0.3, 0.4) is 0 Å². The van der Waals surface area contributed by atoms with Gasteiger partial charge in [0.05, 0.1) is 5.51 Å². The number of aromatic nitrogens is 1. The number of hydrogen-bond acceptors (Lipinski definition) is 4. The first kappa shape index (κ1) is 12.5. The molecule has 0 unspecified atom stereocenters. The predicted molar refractivity (Wildman–Crippen MR) is 69.3 cm³/mol. The lowest BCUT2D eigenvalue weighted by Crippen LogP contribution is -2.39. The van der Waals surface area contributed by atoms with Crippen molar-refractivity contribution >= 4 is 17.2 Å². The molecule has 5 heteroatoms. The molecule has 1 amide bonds. The summed E-state index contributed by atoms with van der Waals surface area (Å²) in [6.07, 6.45) is 2.34. The van der Waals surface area contributed by atoms with Gasteiger partial charge in [0.1, 0.15) is 5.69 Å². The fourth-order valence-corrected chi connectivity index (χ4v) is 2.74. The van der Waals surface area contributed by atoms with Crippen LogP contribution < -0.4 is 5.32 Å². The maximum atomic E-state index is 12.2. The molecule has 0 saturated carbocycles. The number of hydrogen-bond donors (Lipinski definition) is 1. The maximum absolute atomic E-state index is 12.2. The molecular weight excluding hydrogens is 234 g/mol. The van der Waals surface area contributed by atoms with Gasteiger partial charge in [-0.2, -0.15) is 0 Å². The molecule has 2 heterocycles. The van der Waals surface area contributed by atoms with Crippen molar-refractivity contribution in [2.45, 2.75) is 19.8 Å². The fourth-order valence-electron chi connectivity index (χ4n) is 2.21. The molecule has 0 spiro atoms. The highest BCUT2D eigenvalue weighted by Crippen LogP contribution is 2.15. The van der Waals surface area contributed by atoms with Crippen LogP contribution in [-0.2, 0) is 0 Å². The van der Waals surface area contributed by atoms with Gasteiger partial charge in [-0.25, -0.2) is 4.98 Å². The highest BCUT2D eigenvalue weighted by Gasteiger charge is 2.21. The maximum Gasteiger partial charge on any atom is 0.273 e. The summed E-state index contributed by atoms with van der Waals surface area (Å²) in [7, 11) is 0. The second-order valence-electron chi connectivity index (χ2n) is 4.41. The van der Waals surface area contributed by atoms with E-state index >= 15 is 0 Å². The summed E-state index contributed by atoms with van der Waals surface area (Å²) in [5.41, 5.74) is 2.30. The summed E-state index contributed by atoms with van der Waals surface area (Å²) in [5.74, 6) is 0.714. The molecule has 94 valence electrons. The number of carbonyl (C=O) groups excluding carboxylic acids is 1. The van der Waals surface area contributed by atoms with Gasteiger partial charge in [-0.1, -0.05) is 0 Å². The molecule has 0 atom stereocenters. The third-order valence-corrected chi connectivity index (χ3v) is 3.84. The van der Waals surface area contributed by atoms with Crippen LogP contribution >= 0.6 is 11.3 Å². The van der Waals surface area contributed by atoms with Crippen molar-refractivity contribution in [3.63, 3.8) is 0 Å². The first-order valence-electron chi connectivity index (χ1n) is 6.19. The van der Waals surface area contributed by atoms with Crippen LogP contribution in [-0.4, -0.2) is 42.0 Å². The molecule has 1 aliphatic heterocycles. The molecule has 1 saturated heterocycles. The normalized spacial score (nSPS) is 17.0. The number of rotatable bonds is 4. The van der Waals surface area contributed by atoms with Crippen LogP contribution in [0.2, 0.25) is 0 Å². The lowest BCUT2D eigenvalue weighted by atomic mass is 9.97. The second kappa shape index (κ2) is 6.12. The predicted octanol–water partition coefficient (Wildman–Crippen LogP) is 1.60. The lowest BCUT2D eigenvalue weighted by molar-refractivity contribution is 0.0721. The monoisotopic (exact) mass is 253 g/mol. The molecule has 1 fully saturated rings. The minimum atomic E-state index is 0.0762. The number of nitrogens with one attached hydrogen (secondary N) is 1.